The Hall–Kier alpha value is -2.04. The molecule has 1 aromatic rings. The number of carboxylic acid groups (broad SMARTS) is 1. The third-order valence-corrected chi connectivity index (χ3v) is 1.57. The number of hydrogen-bond acceptors (Lipinski definition) is 3. The Bertz CT molecular complexity index is 376. The van der Waals surface area contributed by atoms with Crippen LogP contribution >= 0.6 is 0 Å². The molecule has 1 aromatic carbocycles. The SMILES string of the molecule is CC.CC.NC(=O)c1cc(C(=O)O)ccc1N. The first-order valence-corrected chi connectivity index (χ1v) is 5.45. The number of rotatable bonds is 2. The maximum atomic E-state index is 10.7. The summed E-state index contributed by atoms with van der Waals surface area (Å²) in [5, 5.41) is 8.59. The average Bonchev–Trinajstić information content (AvgIpc) is 2.34. The van der Waals surface area contributed by atoms with Crippen LogP contribution in [0.2, 0.25) is 0 Å². The van der Waals surface area contributed by atoms with Crippen LogP contribution in [-0.4, -0.2) is 17.0 Å². The fourth-order valence-corrected chi connectivity index (χ4v) is 0.903. The number of carboxylic acids is 1. The summed E-state index contributed by atoms with van der Waals surface area (Å²) in [6, 6.07) is 3.80. The van der Waals surface area contributed by atoms with E-state index in [2.05, 4.69) is 0 Å². The molecule has 17 heavy (non-hydrogen) atoms. The van der Waals surface area contributed by atoms with E-state index in [0.717, 1.165) is 6.07 Å². The predicted octanol–water partition coefficient (Wildman–Crippen LogP) is 2.12. The molecule has 0 atom stereocenters. The van der Waals surface area contributed by atoms with Gasteiger partial charge >= 0.3 is 5.97 Å². The first-order chi connectivity index (χ1) is 8.02. The van der Waals surface area contributed by atoms with Crippen LogP contribution in [0.1, 0.15) is 48.4 Å². The van der Waals surface area contributed by atoms with Crippen molar-refractivity contribution in [3.05, 3.63) is 29.3 Å². The third-order valence-electron chi connectivity index (χ3n) is 1.57. The Morgan fingerprint density at radius 1 is 1.12 bits per heavy atom. The van der Waals surface area contributed by atoms with Crippen molar-refractivity contribution in [2.75, 3.05) is 5.73 Å². The van der Waals surface area contributed by atoms with Crippen LogP contribution in [0.4, 0.5) is 5.69 Å². The molecular weight excluding hydrogens is 220 g/mol. The highest BCUT2D eigenvalue weighted by molar-refractivity contribution is 6.00. The van der Waals surface area contributed by atoms with Crippen molar-refractivity contribution in [3.63, 3.8) is 0 Å². The van der Waals surface area contributed by atoms with E-state index in [1.165, 1.54) is 12.1 Å². The number of primary amides is 1. The monoisotopic (exact) mass is 240 g/mol. The summed E-state index contributed by atoms with van der Waals surface area (Å²) < 4.78 is 0. The lowest BCUT2D eigenvalue weighted by molar-refractivity contribution is 0.0697. The third kappa shape index (κ3) is 5.55. The number of carbonyl (C=O) groups excluding carboxylic acids is 1. The van der Waals surface area contributed by atoms with E-state index >= 15 is 0 Å². The summed E-state index contributed by atoms with van der Waals surface area (Å²) in [5.74, 6) is -1.86. The molecular formula is C12H20N2O3. The zero-order valence-corrected chi connectivity index (χ0v) is 10.7. The van der Waals surface area contributed by atoms with E-state index in [0.29, 0.717) is 0 Å². The van der Waals surface area contributed by atoms with E-state index < -0.39 is 11.9 Å². The highest BCUT2D eigenvalue weighted by atomic mass is 16.4. The van der Waals surface area contributed by atoms with Crippen LogP contribution in [0.3, 0.4) is 0 Å². The Balaban J connectivity index is 0. The average molecular weight is 240 g/mol. The minimum Gasteiger partial charge on any atom is -0.478 e. The van der Waals surface area contributed by atoms with Gasteiger partial charge in [-0.15, -0.1) is 0 Å². The minimum absolute atomic E-state index is 0.0111. The van der Waals surface area contributed by atoms with Crippen LogP contribution in [-0.2, 0) is 0 Å². The van der Waals surface area contributed by atoms with Gasteiger partial charge in [0.15, 0.2) is 0 Å². The lowest BCUT2D eigenvalue weighted by Gasteiger charge is -2.01. The van der Waals surface area contributed by atoms with E-state index in [1.54, 1.807) is 0 Å². The molecule has 0 aromatic heterocycles. The molecule has 0 bridgehead atoms. The first kappa shape index (κ1) is 17.4. The van der Waals surface area contributed by atoms with Crippen LogP contribution in [0.15, 0.2) is 18.2 Å². The van der Waals surface area contributed by atoms with Gasteiger partial charge in [0.05, 0.1) is 11.1 Å². The van der Waals surface area contributed by atoms with Gasteiger partial charge in [-0.2, -0.15) is 0 Å². The number of hydrogen-bond donors (Lipinski definition) is 3. The van der Waals surface area contributed by atoms with E-state index in [9.17, 15) is 9.59 Å². The maximum Gasteiger partial charge on any atom is 0.335 e. The summed E-state index contributed by atoms with van der Waals surface area (Å²) in [6.45, 7) is 8.00. The summed E-state index contributed by atoms with van der Waals surface area (Å²) in [6.07, 6.45) is 0. The second-order valence-corrected chi connectivity index (χ2v) is 2.47. The Kier molecular flexibility index (Phi) is 9.40. The van der Waals surface area contributed by atoms with Gasteiger partial charge < -0.3 is 16.6 Å². The molecule has 5 heteroatoms. The summed E-state index contributed by atoms with van der Waals surface area (Å²) in [5.41, 5.74) is 10.6. The van der Waals surface area contributed by atoms with Crippen LogP contribution in [0, 0.1) is 0 Å². The first-order valence-electron chi connectivity index (χ1n) is 5.45. The van der Waals surface area contributed by atoms with Gasteiger partial charge in [0.1, 0.15) is 0 Å². The van der Waals surface area contributed by atoms with E-state index in [-0.39, 0.29) is 16.8 Å². The molecule has 0 aliphatic carbocycles. The van der Waals surface area contributed by atoms with Gasteiger partial charge in [-0.1, -0.05) is 27.7 Å². The standard InChI is InChI=1S/C8H8N2O3.2C2H6/c9-6-2-1-4(8(12)13)3-5(6)7(10)11;2*1-2/h1-3H,9H2,(H2,10,11)(H,12,13);2*1-2H3. The second-order valence-electron chi connectivity index (χ2n) is 2.47. The van der Waals surface area contributed by atoms with E-state index in [1.807, 2.05) is 27.7 Å². The van der Waals surface area contributed by atoms with Crippen molar-refractivity contribution in [2.24, 2.45) is 5.73 Å². The summed E-state index contributed by atoms with van der Waals surface area (Å²) >= 11 is 0. The molecule has 0 aliphatic heterocycles. The lowest BCUT2D eigenvalue weighted by atomic mass is 10.1. The normalized spacial score (nSPS) is 8.00. The van der Waals surface area contributed by atoms with Crippen LogP contribution in [0.5, 0.6) is 0 Å². The number of aromatic carboxylic acids is 1. The Labute approximate surface area is 101 Å². The number of anilines is 1. The molecule has 0 aliphatic rings. The predicted molar refractivity (Wildman–Crippen MR) is 69.0 cm³/mol. The molecule has 0 heterocycles. The fraction of sp³-hybridized carbons (Fsp3) is 0.333. The maximum absolute atomic E-state index is 10.7. The number of amides is 1. The van der Waals surface area contributed by atoms with Crippen LogP contribution in [0.25, 0.3) is 0 Å². The zero-order chi connectivity index (χ0) is 14.0. The molecule has 0 saturated carbocycles. The highest BCUT2D eigenvalue weighted by Crippen LogP contribution is 2.13. The quantitative estimate of drug-likeness (QED) is 0.688. The van der Waals surface area contributed by atoms with Gasteiger partial charge in [-0.05, 0) is 18.2 Å². The van der Waals surface area contributed by atoms with E-state index in [4.69, 9.17) is 16.6 Å². The van der Waals surface area contributed by atoms with Gasteiger partial charge in [-0.3, -0.25) is 4.79 Å². The fourth-order valence-electron chi connectivity index (χ4n) is 0.903. The second kappa shape index (κ2) is 9.21. The molecule has 0 spiro atoms. The molecule has 0 saturated heterocycles. The summed E-state index contributed by atoms with van der Waals surface area (Å²) in [4.78, 5) is 21.2. The topological polar surface area (TPSA) is 106 Å². The summed E-state index contributed by atoms with van der Waals surface area (Å²) in [7, 11) is 0. The number of nitrogens with two attached hydrogens (primary N) is 2. The zero-order valence-electron chi connectivity index (χ0n) is 10.7. The number of carbonyl (C=O) groups is 2. The molecule has 0 unspecified atom stereocenters. The van der Waals surface area contributed by atoms with Crippen LogP contribution < -0.4 is 11.5 Å². The highest BCUT2D eigenvalue weighted by Gasteiger charge is 2.09. The van der Waals surface area contributed by atoms with Crippen molar-refractivity contribution in [3.8, 4) is 0 Å². The van der Waals surface area contributed by atoms with Gasteiger partial charge in [-0.25, -0.2) is 4.79 Å². The smallest absolute Gasteiger partial charge is 0.335 e. The molecule has 0 radical (unpaired) electrons. The van der Waals surface area contributed by atoms with Crippen molar-refractivity contribution in [1.29, 1.82) is 0 Å². The molecule has 1 amide bonds. The molecule has 1 rings (SSSR count). The van der Waals surface area contributed by atoms with Gasteiger partial charge in [0, 0.05) is 5.69 Å². The molecule has 0 fully saturated rings. The molecule has 5 nitrogen and oxygen atoms in total. The van der Waals surface area contributed by atoms with Crippen molar-refractivity contribution < 1.29 is 14.7 Å². The lowest BCUT2D eigenvalue weighted by Crippen LogP contribution is -2.14. The minimum atomic E-state index is -1.12. The molecule has 5 N–H and O–H groups in total. The molecule has 96 valence electrons. The van der Waals surface area contributed by atoms with Gasteiger partial charge in [0.25, 0.3) is 5.91 Å². The number of benzene rings is 1. The van der Waals surface area contributed by atoms with Gasteiger partial charge in [0.2, 0.25) is 0 Å². The number of nitrogen functional groups attached to an aromatic ring is 1. The van der Waals surface area contributed by atoms with Crippen molar-refractivity contribution in [1.82, 2.24) is 0 Å². The van der Waals surface area contributed by atoms with Crippen molar-refractivity contribution >= 4 is 17.6 Å². The Morgan fingerprint density at radius 2 is 1.59 bits per heavy atom. The Morgan fingerprint density at radius 3 is 1.94 bits per heavy atom. The van der Waals surface area contributed by atoms with Crippen molar-refractivity contribution in [2.45, 2.75) is 27.7 Å². The largest absolute Gasteiger partial charge is 0.478 e.